The number of carbonyl (C=O) groups excluding carboxylic acids is 2. The second kappa shape index (κ2) is 9.01. The lowest BCUT2D eigenvalue weighted by Gasteiger charge is -2.12. The molecule has 0 aliphatic carbocycles. The molecule has 1 aliphatic rings. The molecule has 4 rings (SSSR count). The molecular weight excluding hydrogens is 460 g/mol. The van der Waals surface area contributed by atoms with Gasteiger partial charge in [-0.05, 0) is 53.7 Å². The van der Waals surface area contributed by atoms with Gasteiger partial charge in [-0.15, -0.1) is 0 Å². The Morgan fingerprint density at radius 2 is 1.77 bits per heavy atom. The first-order chi connectivity index (χ1) is 14.9. The summed E-state index contributed by atoms with van der Waals surface area (Å²) in [5.41, 5.74) is 0.566. The number of nitrogens with zero attached hydrogens (tertiary/aromatic N) is 2. The SMILES string of the molecule is O=C1S/C(=C\c2ccc(Sc3ccc(Cl)cc3)o2)C(=O)N1Cc1ccc([N+](=O)[O-])cc1. The van der Waals surface area contributed by atoms with Gasteiger partial charge in [0.15, 0.2) is 5.09 Å². The van der Waals surface area contributed by atoms with Crippen molar-refractivity contribution in [2.75, 3.05) is 0 Å². The number of nitro benzene ring substituents is 1. The Morgan fingerprint density at radius 3 is 2.45 bits per heavy atom. The number of imide groups is 1. The Kier molecular flexibility index (Phi) is 6.17. The number of furan rings is 1. The maximum Gasteiger partial charge on any atom is 0.293 e. The molecule has 10 heteroatoms. The number of thioether (sulfide) groups is 1. The number of non-ortho nitro benzene ring substituents is 1. The van der Waals surface area contributed by atoms with Gasteiger partial charge in [0.05, 0.1) is 16.4 Å². The Labute approximate surface area is 190 Å². The van der Waals surface area contributed by atoms with E-state index >= 15 is 0 Å². The molecule has 1 aromatic heterocycles. The minimum atomic E-state index is -0.504. The second-order valence-electron chi connectivity index (χ2n) is 6.40. The van der Waals surface area contributed by atoms with Gasteiger partial charge in [0.2, 0.25) is 0 Å². The second-order valence-corrected chi connectivity index (χ2v) is 8.91. The van der Waals surface area contributed by atoms with Crippen molar-refractivity contribution < 1.29 is 18.9 Å². The molecule has 1 saturated heterocycles. The van der Waals surface area contributed by atoms with Crippen LogP contribution in [0, 0.1) is 10.1 Å². The van der Waals surface area contributed by atoms with Crippen LogP contribution in [0.5, 0.6) is 0 Å². The Hall–Kier alpha value is -3.01. The van der Waals surface area contributed by atoms with Gasteiger partial charge in [-0.1, -0.05) is 35.5 Å². The van der Waals surface area contributed by atoms with Gasteiger partial charge < -0.3 is 4.42 Å². The molecule has 0 unspecified atom stereocenters. The number of halogens is 1. The number of hydrogen-bond acceptors (Lipinski definition) is 7. The number of nitro groups is 1. The molecule has 31 heavy (non-hydrogen) atoms. The van der Waals surface area contributed by atoms with Gasteiger partial charge in [0.25, 0.3) is 16.8 Å². The highest BCUT2D eigenvalue weighted by molar-refractivity contribution is 8.18. The molecule has 0 atom stereocenters. The molecular formula is C21H13ClN2O5S2. The normalized spacial score (nSPS) is 15.1. The molecule has 1 aliphatic heterocycles. The molecule has 2 aromatic carbocycles. The molecule has 0 saturated carbocycles. The molecule has 2 heterocycles. The molecule has 3 aromatic rings. The van der Waals surface area contributed by atoms with E-state index in [4.69, 9.17) is 16.0 Å². The van der Waals surface area contributed by atoms with E-state index in [1.165, 1.54) is 42.1 Å². The van der Waals surface area contributed by atoms with Crippen molar-refractivity contribution in [2.45, 2.75) is 16.5 Å². The minimum absolute atomic E-state index is 0.0375. The number of hydrogen-bond donors (Lipinski definition) is 0. The molecule has 7 nitrogen and oxygen atoms in total. The molecule has 0 bridgehead atoms. The van der Waals surface area contributed by atoms with E-state index in [0.717, 1.165) is 21.6 Å². The standard InChI is InChI=1S/C21H13ClN2O5S2/c22-14-3-8-17(9-4-14)30-19-10-7-16(29-19)11-18-20(25)23(21(26)31-18)12-13-1-5-15(6-2-13)24(27)28/h1-11H,12H2/b18-11-. The molecule has 0 N–H and O–H groups in total. The highest BCUT2D eigenvalue weighted by Gasteiger charge is 2.35. The summed E-state index contributed by atoms with van der Waals surface area (Å²) in [7, 11) is 0. The van der Waals surface area contributed by atoms with Gasteiger partial charge in [0, 0.05) is 28.1 Å². The van der Waals surface area contributed by atoms with Gasteiger partial charge in [0.1, 0.15) is 5.76 Å². The highest BCUT2D eigenvalue weighted by Crippen LogP contribution is 2.35. The average molecular weight is 473 g/mol. The third kappa shape index (κ3) is 5.01. The molecule has 1 fully saturated rings. The largest absolute Gasteiger partial charge is 0.450 e. The van der Waals surface area contributed by atoms with Gasteiger partial charge in [-0.25, -0.2) is 0 Å². The minimum Gasteiger partial charge on any atom is -0.450 e. The van der Waals surface area contributed by atoms with Crippen LogP contribution < -0.4 is 0 Å². The lowest BCUT2D eigenvalue weighted by molar-refractivity contribution is -0.384. The van der Waals surface area contributed by atoms with Crippen molar-refractivity contribution in [2.24, 2.45) is 0 Å². The fourth-order valence-corrected chi connectivity index (χ4v) is 4.48. The third-order valence-corrected chi connectivity index (χ3v) is 6.36. The van der Waals surface area contributed by atoms with Gasteiger partial charge in [-0.2, -0.15) is 0 Å². The summed E-state index contributed by atoms with van der Waals surface area (Å²) in [5, 5.41) is 11.6. The summed E-state index contributed by atoms with van der Waals surface area (Å²) in [6.07, 6.45) is 1.53. The van der Waals surface area contributed by atoms with Crippen LogP contribution in [0.4, 0.5) is 10.5 Å². The first-order valence-electron chi connectivity index (χ1n) is 8.91. The van der Waals surface area contributed by atoms with Crippen LogP contribution in [0.15, 0.2) is 80.0 Å². The lowest BCUT2D eigenvalue weighted by atomic mass is 10.2. The monoisotopic (exact) mass is 472 g/mol. The van der Waals surface area contributed by atoms with Crippen LogP contribution in [0.1, 0.15) is 11.3 Å². The van der Waals surface area contributed by atoms with Crippen LogP contribution in [0.2, 0.25) is 5.02 Å². The third-order valence-electron chi connectivity index (χ3n) is 4.27. The van der Waals surface area contributed by atoms with E-state index in [1.54, 1.807) is 24.3 Å². The average Bonchev–Trinajstić information content (AvgIpc) is 3.29. The van der Waals surface area contributed by atoms with Crippen molar-refractivity contribution in [1.29, 1.82) is 0 Å². The molecule has 2 amide bonds. The summed E-state index contributed by atoms with van der Waals surface area (Å²) in [5.74, 6) is 0.0222. The highest BCUT2D eigenvalue weighted by atomic mass is 35.5. The van der Waals surface area contributed by atoms with Crippen LogP contribution in [-0.4, -0.2) is 21.0 Å². The van der Waals surface area contributed by atoms with E-state index in [0.29, 0.717) is 21.4 Å². The predicted molar refractivity (Wildman–Crippen MR) is 119 cm³/mol. The first-order valence-corrected chi connectivity index (χ1v) is 10.9. The van der Waals surface area contributed by atoms with E-state index in [2.05, 4.69) is 0 Å². The van der Waals surface area contributed by atoms with Crippen molar-refractivity contribution >= 4 is 58.0 Å². The van der Waals surface area contributed by atoms with Crippen molar-refractivity contribution in [3.8, 4) is 0 Å². The van der Waals surface area contributed by atoms with E-state index in [1.807, 2.05) is 12.1 Å². The van der Waals surface area contributed by atoms with Gasteiger partial charge in [-0.3, -0.25) is 24.6 Å². The predicted octanol–water partition coefficient (Wildman–Crippen LogP) is 6.23. The lowest BCUT2D eigenvalue weighted by Crippen LogP contribution is -2.27. The Bertz CT molecular complexity index is 1190. The van der Waals surface area contributed by atoms with E-state index < -0.39 is 16.1 Å². The molecule has 0 spiro atoms. The maximum atomic E-state index is 12.7. The van der Waals surface area contributed by atoms with Crippen molar-refractivity contribution in [3.05, 3.63) is 92.0 Å². The van der Waals surface area contributed by atoms with Crippen LogP contribution in [-0.2, 0) is 11.3 Å². The maximum absolute atomic E-state index is 12.7. The van der Waals surface area contributed by atoms with Crippen molar-refractivity contribution in [1.82, 2.24) is 4.90 Å². The zero-order valence-corrected chi connectivity index (χ0v) is 18.1. The number of carbonyl (C=O) groups is 2. The van der Waals surface area contributed by atoms with Crippen molar-refractivity contribution in [3.63, 3.8) is 0 Å². The summed E-state index contributed by atoms with van der Waals surface area (Å²) in [6.45, 7) is 0.0375. The summed E-state index contributed by atoms with van der Waals surface area (Å²) in [4.78, 5) is 37.5. The zero-order chi connectivity index (χ0) is 22.0. The smallest absolute Gasteiger partial charge is 0.293 e. The summed E-state index contributed by atoms with van der Waals surface area (Å²) >= 11 is 8.13. The quantitative estimate of drug-likeness (QED) is 0.238. The fraction of sp³-hybridized carbons (Fsp3) is 0.0476. The molecule has 0 radical (unpaired) electrons. The van der Waals surface area contributed by atoms with Crippen LogP contribution >= 0.6 is 35.1 Å². The van der Waals surface area contributed by atoms with E-state index in [9.17, 15) is 19.7 Å². The van der Waals surface area contributed by atoms with Crippen LogP contribution in [0.25, 0.3) is 6.08 Å². The van der Waals surface area contributed by atoms with Crippen LogP contribution in [0.3, 0.4) is 0 Å². The fourth-order valence-electron chi connectivity index (χ4n) is 2.76. The van der Waals surface area contributed by atoms with E-state index in [-0.39, 0.29) is 17.1 Å². The summed E-state index contributed by atoms with van der Waals surface area (Å²) in [6, 6.07) is 16.6. The number of rotatable bonds is 6. The number of benzene rings is 2. The number of amides is 2. The first kappa shape index (κ1) is 21.2. The molecule has 156 valence electrons. The summed E-state index contributed by atoms with van der Waals surface area (Å²) < 4.78 is 5.75. The Balaban J connectivity index is 1.45. The Morgan fingerprint density at radius 1 is 1.06 bits per heavy atom. The zero-order valence-electron chi connectivity index (χ0n) is 15.7. The topological polar surface area (TPSA) is 93.7 Å². The van der Waals surface area contributed by atoms with Gasteiger partial charge >= 0.3 is 0 Å².